The molecule has 2 atom stereocenters. The Hall–Kier alpha value is -1.11. The fourth-order valence-corrected chi connectivity index (χ4v) is 3.45. The molecule has 0 heterocycles. The van der Waals surface area contributed by atoms with E-state index in [4.69, 9.17) is 0 Å². The minimum atomic E-state index is -1.13. The molecule has 1 amide bonds. The number of hydrogen-bond donors (Lipinski definition) is 2. The van der Waals surface area contributed by atoms with Gasteiger partial charge in [0.2, 0.25) is 0 Å². The molecule has 4 nitrogen and oxygen atoms in total. The molecular weight excluding hydrogens is 369 g/mol. The van der Waals surface area contributed by atoms with E-state index in [0.717, 1.165) is 22.8 Å². The summed E-state index contributed by atoms with van der Waals surface area (Å²) < 4.78 is 0.826. The van der Waals surface area contributed by atoms with E-state index in [0.29, 0.717) is 12.0 Å². The molecule has 108 valence electrons. The van der Waals surface area contributed by atoms with Crippen LogP contribution in [0.15, 0.2) is 24.3 Å². The van der Waals surface area contributed by atoms with Crippen LogP contribution in [0.1, 0.15) is 43.0 Å². The van der Waals surface area contributed by atoms with Gasteiger partial charge in [0.25, 0.3) is 5.91 Å². The van der Waals surface area contributed by atoms with E-state index in [1.54, 1.807) is 12.1 Å². The van der Waals surface area contributed by atoms with Gasteiger partial charge in [-0.25, -0.2) is 4.79 Å². The predicted octanol–water partition coefficient (Wildman–Crippen LogP) is 3.05. The number of benzene rings is 1. The Morgan fingerprint density at radius 2 is 2.05 bits per heavy atom. The van der Waals surface area contributed by atoms with Crippen molar-refractivity contribution in [3.8, 4) is 0 Å². The fourth-order valence-electron chi connectivity index (χ4n) is 2.82. The van der Waals surface area contributed by atoms with Gasteiger partial charge in [0.05, 0.1) is 5.56 Å². The minimum absolute atomic E-state index is 0.0564. The van der Waals surface area contributed by atoms with Crippen LogP contribution in [0.25, 0.3) is 0 Å². The van der Waals surface area contributed by atoms with Gasteiger partial charge in [-0.3, -0.25) is 4.79 Å². The summed E-state index contributed by atoms with van der Waals surface area (Å²) in [6.07, 6.45) is 3.19. The van der Waals surface area contributed by atoms with Crippen LogP contribution in [0.4, 0.5) is 0 Å². The molecular formula is C15H18INO3. The van der Waals surface area contributed by atoms with Crippen molar-refractivity contribution >= 4 is 34.5 Å². The molecule has 0 radical (unpaired) electrons. The summed E-state index contributed by atoms with van der Waals surface area (Å²) in [5, 5.41) is 12.4. The Balaban J connectivity index is 2.27. The molecule has 20 heavy (non-hydrogen) atoms. The maximum absolute atomic E-state index is 12.4. The summed E-state index contributed by atoms with van der Waals surface area (Å²) in [6, 6.07) is 7.21. The molecule has 0 spiro atoms. The lowest BCUT2D eigenvalue weighted by molar-refractivity contribution is -0.148. The summed E-state index contributed by atoms with van der Waals surface area (Å²) in [6.45, 7) is 1.91. The zero-order valence-electron chi connectivity index (χ0n) is 11.4. The first-order chi connectivity index (χ1) is 9.47. The number of hydrogen-bond acceptors (Lipinski definition) is 2. The van der Waals surface area contributed by atoms with Gasteiger partial charge < -0.3 is 10.4 Å². The van der Waals surface area contributed by atoms with E-state index < -0.39 is 11.5 Å². The number of halogens is 1. The highest BCUT2D eigenvalue weighted by Gasteiger charge is 2.46. The normalized spacial score (nSPS) is 26.0. The molecule has 1 aromatic carbocycles. The zero-order chi connectivity index (χ0) is 14.8. The van der Waals surface area contributed by atoms with Crippen LogP contribution in [-0.2, 0) is 4.79 Å². The lowest BCUT2D eigenvalue weighted by atomic mass is 9.73. The first-order valence-corrected chi connectivity index (χ1v) is 7.85. The molecule has 5 heteroatoms. The molecule has 1 aromatic rings. The summed E-state index contributed by atoms with van der Waals surface area (Å²) >= 11 is 2.09. The first-order valence-electron chi connectivity index (χ1n) is 6.78. The number of amides is 1. The number of carbonyl (C=O) groups is 2. The van der Waals surface area contributed by atoms with Crippen molar-refractivity contribution in [3.05, 3.63) is 33.4 Å². The molecule has 1 fully saturated rings. The van der Waals surface area contributed by atoms with Crippen molar-refractivity contribution < 1.29 is 14.7 Å². The number of carboxylic acids is 1. The summed E-state index contributed by atoms with van der Waals surface area (Å²) in [5.41, 5.74) is -0.597. The second-order valence-corrected chi connectivity index (χ2v) is 6.52. The van der Waals surface area contributed by atoms with Crippen LogP contribution in [0.5, 0.6) is 0 Å². The molecule has 2 rings (SSSR count). The van der Waals surface area contributed by atoms with E-state index >= 15 is 0 Å². The van der Waals surface area contributed by atoms with Crippen molar-refractivity contribution in [1.29, 1.82) is 0 Å². The van der Waals surface area contributed by atoms with Crippen LogP contribution in [0.3, 0.4) is 0 Å². The quantitative estimate of drug-likeness (QED) is 0.784. The van der Waals surface area contributed by atoms with Crippen molar-refractivity contribution in [3.63, 3.8) is 0 Å². The van der Waals surface area contributed by atoms with Crippen molar-refractivity contribution in [2.45, 2.75) is 38.1 Å². The lowest BCUT2D eigenvalue weighted by Gasteiger charge is -2.39. The third-order valence-electron chi connectivity index (χ3n) is 4.14. The SMILES string of the molecule is CC1CCCCC1(NC(=O)c1ccccc1I)C(=O)O. The van der Waals surface area contributed by atoms with Gasteiger partial charge in [-0.15, -0.1) is 0 Å². The number of carbonyl (C=O) groups excluding carboxylic acids is 1. The van der Waals surface area contributed by atoms with Crippen molar-refractivity contribution in [2.24, 2.45) is 5.92 Å². The predicted molar refractivity (Wildman–Crippen MR) is 84.6 cm³/mol. The standard InChI is InChI=1S/C15H18INO3/c1-10-6-4-5-9-15(10,14(19)20)17-13(18)11-7-2-3-8-12(11)16/h2-3,7-8,10H,4-6,9H2,1H3,(H,17,18)(H,19,20). The number of aliphatic carboxylic acids is 1. The van der Waals surface area contributed by atoms with Crippen LogP contribution >= 0.6 is 22.6 Å². The molecule has 2 unspecified atom stereocenters. The maximum Gasteiger partial charge on any atom is 0.329 e. The molecule has 1 aliphatic carbocycles. The highest BCUT2D eigenvalue weighted by Crippen LogP contribution is 2.34. The van der Waals surface area contributed by atoms with Gasteiger partial charge >= 0.3 is 5.97 Å². The second kappa shape index (κ2) is 6.11. The fraction of sp³-hybridized carbons (Fsp3) is 0.467. The highest BCUT2D eigenvalue weighted by molar-refractivity contribution is 14.1. The highest BCUT2D eigenvalue weighted by atomic mass is 127. The Morgan fingerprint density at radius 1 is 1.35 bits per heavy atom. The van der Waals surface area contributed by atoms with Gasteiger partial charge in [0.15, 0.2) is 0 Å². The van der Waals surface area contributed by atoms with E-state index in [9.17, 15) is 14.7 Å². The Bertz CT molecular complexity index is 532. The van der Waals surface area contributed by atoms with Crippen LogP contribution < -0.4 is 5.32 Å². The van der Waals surface area contributed by atoms with Gasteiger partial charge in [-0.1, -0.05) is 31.9 Å². The molecule has 1 saturated carbocycles. The lowest BCUT2D eigenvalue weighted by Crippen LogP contribution is -2.60. The second-order valence-electron chi connectivity index (χ2n) is 5.36. The Morgan fingerprint density at radius 3 is 2.65 bits per heavy atom. The van der Waals surface area contributed by atoms with Gasteiger partial charge in [-0.05, 0) is 53.5 Å². The monoisotopic (exact) mass is 387 g/mol. The molecule has 1 aliphatic rings. The number of rotatable bonds is 3. The van der Waals surface area contributed by atoms with E-state index in [2.05, 4.69) is 27.9 Å². The first kappa shape index (κ1) is 15.3. The molecule has 0 saturated heterocycles. The molecule has 0 aromatic heterocycles. The summed E-state index contributed by atoms with van der Waals surface area (Å²) in [5.74, 6) is -1.28. The van der Waals surface area contributed by atoms with Gasteiger partial charge in [0, 0.05) is 3.57 Å². The minimum Gasteiger partial charge on any atom is -0.479 e. The Kier molecular flexibility index (Phi) is 4.67. The third-order valence-corrected chi connectivity index (χ3v) is 5.08. The summed E-state index contributed by atoms with van der Waals surface area (Å²) in [7, 11) is 0. The number of nitrogens with one attached hydrogen (secondary N) is 1. The van der Waals surface area contributed by atoms with E-state index in [1.165, 1.54) is 0 Å². The smallest absolute Gasteiger partial charge is 0.329 e. The van der Waals surface area contributed by atoms with Crippen molar-refractivity contribution in [2.75, 3.05) is 0 Å². The molecule has 0 aliphatic heterocycles. The van der Waals surface area contributed by atoms with Crippen LogP contribution in [0, 0.1) is 9.49 Å². The average Bonchev–Trinajstić information content (AvgIpc) is 2.41. The van der Waals surface area contributed by atoms with Gasteiger partial charge in [-0.2, -0.15) is 0 Å². The molecule has 0 bridgehead atoms. The largest absolute Gasteiger partial charge is 0.479 e. The van der Waals surface area contributed by atoms with E-state index in [1.807, 2.05) is 19.1 Å². The van der Waals surface area contributed by atoms with Crippen LogP contribution in [-0.4, -0.2) is 22.5 Å². The average molecular weight is 387 g/mol. The number of carboxylic acid groups (broad SMARTS) is 1. The third kappa shape index (κ3) is 2.82. The zero-order valence-corrected chi connectivity index (χ0v) is 13.5. The Labute approximate surface area is 132 Å². The molecule has 2 N–H and O–H groups in total. The van der Waals surface area contributed by atoms with E-state index in [-0.39, 0.29) is 11.8 Å². The topological polar surface area (TPSA) is 66.4 Å². The van der Waals surface area contributed by atoms with Gasteiger partial charge in [0.1, 0.15) is 5.54 Å². The summed E-state index contributed by atoms with van der Waals surface area (Å²) in [4.78, 5) is 24.1. The maximum atomic E-state index is 12.4. The van der Waals surface area contributed by atoms with Crippen molar-refractivity contribution in [1.82, 2.24) is 5.32 Å². The van der Waals surface area contributed by atoms with Crippen LogP contribution in [0.2, 0.25) is 0 Å².